The molecule has 0 amide bonds. The Morgan fingerprint density at radius 2 is 0.480 bits per heavy atom. The number of rotatable bonds is 62. The molecule has 0 fully saturated rings. The van der Waals surface area contributed by atoms with Crippen LogP contribution in [-0.4, -0.2) is 37.2 Å². The molecule has 0 heterocycles. The van der Waals surface area contributed by atoms with Crippen molar-refractivity contribution in [1.29, 1.82) is 0 Å². The molecule has 0 saturated heterocycles. The van der Waals surface area contributed by atoms with Gasteiger partial charge in [-0.25, -0.2) is 0 Å². The molecule has 0 radical (unpaired) electrons. The Morgan fingerprint density at radius 1 is 0.267 bits per heavy atom. The number of hydrogen-bond donors (Lipinski definition) is 0. The zero-order valence-electron chi connectivity index (χ0n) is 50.6. The van der Waals surface area contributed by atoms with Gasteiger partial charge in [-0.1, -0.05) is 308 Å². The van der Waals surface area contributed by atoms with E-state index >= 15 is 0 Å². The summed E-state index contributed by atoms with van der Waals surface area (Å²) in [4.78, 5) is 38.3. The summed E-state index contributed by atoms with van der Waals surface area (Å²) < 4.78 is 17.0. The number of unbranched alkanes of at least 4 members (excludes halogenated alkanes) is 45. The molecular formula is C69H128O6. The Labute approximate surface area is 467 Å². The summed E-state index contributed by atoms with van der Waals surface area (Å²) in [7, 11) is 0. The lowest BCUT2D eigenvalue weighted by molar-refractivity contribution is -0.167. The van der Waals surface area contributed by atoms with Crippen molar-refractivity contribution in [3.8, 4) is 0 Å². The van der Waals surface area contributed by atoms with Crippen LogP contribution in [0.5, 0.6) is 0 Å². The van der Waals surface area contributed by atoms with Gasteiger partial charge in [0.05, 0.1) is 0 Å². The molecule has 75 heavy (non-hydrogen) atoms. The number of allylic oxidation sites excluding steroid dienone is 6. The molecule has 6 nitrogen and oxygen atoms in total. The normalized spacial score (nSPS) is 12.2. The molecular weight excluding hydrogens is 925 g/mol. The van der Waals surface area contributed by atoms with Gasteiger partial charge >= 0.3 is 17.9 Å². The van der Waals surface area contributed by atoms with E-state index in [2.05, 4.69) is 57.2 Å². The molecule has 0 aromatic carbocycles. The first-order chi connectivity index (χ1) is 37.0. The molecule has 0 aromatic heterocycles. The minimum absolute atomic E-state index is 0.0680. The largest absolute Gasteiger partial charge is 0.462 e. The monoisotopic (exact) mass is 1050 g/mol. The van der Waals surface area contributed by atoms with E-state index in [0.29, 0.717) is 19.3 Å². The van der Waals surface area contributed by atoms with Crippen molar-refractivity contribution >= 4 is 17.9 Å². The number of hydrogen-bond acceptors (Lipinski definition) is 6. The number of carbonyl (C=O) groups excluding carboxylic acids is 3. The van der Waals surface area contributed by atoms with Crippen LogP contribution in [-0.2, 0) is 28.6 Å². The number of ether oxygens (including phenoxy) is 3. The average molecular weight is 1050 g/mol. The summed E-state index contributed by atoms with van der Waals surface area (Å²) >= 11 is 0. The summed E-state index contributed by atoms with van der Waals surface area (Å²) in [5.74, 6) is -0.845. The van der Waals surface area contributed by atoms with Crippen LogP contribution in [0.1, 0.15) is 367 Å². The van der Waals surface area contributed by atoms with Crippen LogP contribution in [0.4, 0.5) is 0 Å². The lowest BCUT2D eigenvalue weighted by Gasteiger charge is -2.18. The van der Waals surface area contributed by atoms with Crippen LogP contribution in [0.2, 0.25) is 0 Å². The van der Waals surface area contributed by atoms with E-state index in [0.717, 1.165) is 64.2 Å². The highest BCUT2D eigenvalue weighted by molar-refractivity contribution is 5.71. The van der Waals surface area contributed by atoms with Crippen molar-refractivity contribution in [2.45, 2.75) is 374 Å². The first-order valence-electron chi connectivity index (χ1n) is 33.5. The molecule has 440 valence electrons. The molecule has 0 aliphatic heterocycles. The van der Waals surface area contributed by atoms with Crippen molar-refractivity contribution in [3.63, 3.8) is 0 Å². The van der Waals surface area contributed by atoms with E-state index in [1.807, 2.05) is 0 Å². The zero-order valence-corrected chi connectivity index (χ0v) is 50.6. The molecule has 0 spiro atoms. The summed E-state index contributed by atoms with van der Waals surface area (Å²) in [5.41, 5.74) is 0. The van der Waals surface area contributed by atoms with E-state index in [1.54, 1.807) is 0 Å². The second kappa shape index (κ2) is 64.2. The van der Waals surface area contributed by atoms with Crippen molar-refractivity contribution < 1.29 is 28.6 Å². The van der Waals surface area contributed by atoms with Gasteiger partial charge in [0.2, 0.25) is 0 Å². The van der Waals surface area contributed by atoms with Crippen LogP contribution in [0, 0.1) is 0 Å². The molecule has 0 bridgehead atoms. The number of esters is 3. The fourth-order valence-corrected chi connectivity index (χ4v) is 10.1. The lowest BCUT2D eigenvalue weighted by atomic mass is 10.0. The minimum atomic E-state index is -0.771. The van der Waals surface area contributed by atoms with E-state index in [-0.39, 0.29) is 31.1 Å². The summed E-state index contributed by atoms with van der Waals surface area (Å²) in [5, 5.41) is 0. The molecule has 0 aliphatic carbocycles. The predicted molar refractivity (Wildman–Crippen MR) is 326 cm³/mol. The van der Waals surface area contributed by atoms with Crippen LogP contribution < -0.4 is 0 Å². The molecule has 0 rings (SSSR count). The van der Waals surface area contributed by atoms with Gasteiger partial charge in [-0.2, -0.15) is 0 Å². The van der Waals surface area contributed by atoms with Gasteiger partial charge in [-0.3, -0.25) is 14.4 Å². The molecule has 0 saturated carbocycles. The Kier molecular flexibility index (Phi) is 62.1. The van der Waals surface area contributed by atoms with Crippen molar-refractivity contribution in [2.75, 3.05) is 13.2 Å². The van der Waals surface area contributed by atoms with Gasteiger partial charge in [0.25, 0.3) is 0 Å². The van der Waals surface area contributed by atoms with Gasteiger partial charge in [0, 0.05) is 19.3 Å². The maximum absolute atomic E-state index is 12.9. The Bertz CT molecular complexity index is 1250. The third-order valence-corrected chi connectivity index (χ3v) is 15.1. The molecule has 6 heteroatoms. The standard InChI is InChI=1S/C69H128O6/c1-4-7-10-13-16-19-22-25-27-29-31-32-33-34-35-36-38-39-41-44-47-50-53-56-59-62-68(71)74-65-66(64-73-67(70)61-58-55-52-49-46-43-24-21-18-15-12-9-6-3)75-69(72)63-60-57-54-51-48-45-42-40-37-30-28-26-23-20-17-14-11-8-5-2/h22,25-26,28-29,31,66H,4-21,23-24,27,30,32-65H2,1-3H3/b25-22-,28-26-,31-29-. The number of carbonyl (C=O) groups is 3. The summed E-state index contributed by atoms with van der Waals surface area (Å²) in [6, 6.07) is 0. The minimum Gasteiger partial charge on any atom is -0.462 e. The van der Waals surface area contributed by atoms with Gasteiger partial charge in [0.15, 0.2) is 6.10 Å². The van der Waals surface area contributed by atoms with Crippen molar-refractivity contribution in [1.82, 2.24) is 0 Å². The zero-order chi connectivity index (χ0) is 54.3. The maximum atomic E-state index is 12.9. The highest BCUT2D eigenvalue weighted by Gasteiger charge is 2.19. The Hall–Kier alpha value is -2.37. The second-order valence-corrected chi connectivity index (χ2v) is 22.7. The lowest BCUT2D eigenvalue weighted by Crippen LogP contribution is -2.30. The molecule has 0 aromatic rings. The topological polar surface area (TPSA) is 78.9 Å². The van der Waals surface area contributed by atoms with Crippen LogP contribution in [0.25, 0.3) is 0 Å². The third-order valence-electron chi connectivity index (χ3n) is 15.1. The average Bonchev–Trinajstić information content (AvgIpc) is 3.41. The Morgan fingerprint density at radius 3 is 0.747 bits per heavy atom. The van der Waals surface area contributed by atoms with E-state index < -0.39 is 6.10 Å². The highest BCUT2D eigenvalue weighted by atomic mass is 16.6. The summed E-state index contributed by atoms with van der Waals surface area (Å²) in [6.45, 7) is 6.69. The van der Waals surface area contributed by atoms with Crippen LogP contribution in [0.15, 0.2) is 36.5 Å². The highest BCUT2D eigenvalue weighted by Crippen LogP contribution is 2.18. The van der Waals surface area contributed by atoms with Gasteiger partial charge < -0.3 is 14.2 Å². The maximum Gasteiger partial charge on any atom is 0.306 e. The van der Waals surface area contributed by atoms with Gasteiger partial charge in [-0.05, 0) is 77.0 Å². The first-order valence-corrected chi connectivity index (χ1v) is 33.5. The molecule has 0 aliphatic rings. The SMILES string of the molecule is CCCCCCC/C=C\C/C=C\CCCCCCCCCCCCCCCC(=O)OCC(COC(=O)CCCCCCCCCCCCCCC)OC(=O)CCCCCCCCCCC/C=C\CCCCCCCC. The Balaban J connectivity index is 4.25. The first kappa shape index (κ1) is 72.6. The predicted octanol–water partition coefficient (Wildman–Crippen LogP) is 22.8. The van der Waals surface area contributed by atoms with Crippen molar-refractivity contribution in [3.05, 3.63) is 36.5 Å². The third kappa shape index (κ3) is 62.4. The van der Waals surface area contributed by atoms with Gasteiger partial charge in [-0.15, -0.1) is 0 Å². The molecule has 1 unspecified atom stereocenters. The van der Waals surface area contributed by atoms with Crippen LogP contribution >= 0.6 is 0 Å². The molecule has 1 atom stereocenters. The quantitative estimate of drug-likeness (QED) is 0.0261. The molecule has 0 N–H and O–H groups in total. The van der Waals surface area contributed by atoms with Gasteiger partial charge in [0.1, 0.15) is 13.2 Å². The van der Waals surface area contributed by atoms with Crippen LogP contribution in [0.3, 0.4) is 0 Å². The van der Waals surface area contributed by atoms with E-state index in [1.165, 1.54) is 263 Å². The fraction of sp³-hybridized carbons (Fsp3) is 0.870. The van der Waals surface area contributed by atoms with E-state index in [4.69, 9.17) is 14.2 Å². The summed E-state index contributed by atoms with van der Waals surface area (Å²) in [6.07, 6.45) is 78.7. The van der Waals surface area contributed by atoms with E-state index in [9.17, 15) is 14.4 Å². The van der Waals surface area contributed by atoms with Crippen molar-refractivity contribution in [2.24, 2.45) is 0 Å². The second-order valence-electron chi connectivity index (χ2n) is 22.7. The smallest absolute Gasteiger partial charge is 0.306 e. The fourth-order valence-electron chi connectivity index (χ4n) is 10.1.